The van der Waals surface area contributed by atoms with E-state index in [-0.39, 0.29) is 0 Å². The second-order valence-electron chi connectivity index (χ2n) is 11.5. The number of benzene rings is 7. The zero-order valence-corrected chi connectivity index (χ0v) is 25.1. The van der Waals surface area contributed by atoms with Gasteiger partial charge in [-0.1, -0.05) is 127 Å². The number of fused-ring (bicyclic) bond motifs is 3. The molecule has 8 aromatic rings. The Morgan fingerprint density at radius 2 is 0.889 bits per heavy atom. The van der Waals surface area contributed by atoms with Gasteiger partial charge in [0.25, 0.3) is 0 Å². The maximum absolute atomic E-state index is 2.40. The van der Waals surface area contributed by atoms with E-state index in [4.69, 9.17) is 0 Å². The van der Waals surface area contributed by atoms with Crippen LogP contribution < -0.4 is 4.90 Å². The summed E-state index contributed by atoms with van der Waals surface area (Å²) in [6.45, 7) is 2.14. The van der Waals surface area contributed by atoms with Crippen molar-refractivity contribution in [3.05, 3.63) is 181 Å². The lowest BCUT2D eigenvalue weighted by Gasteiger charge is -2.27. The van der Waals surface area contributed by atoms with Crippen molar-refractivity contribution in [1.82, 2.24) is 4.57 Å². The third-order valence-electron chi connectivity index (χ3n) is 8.67. The highest BCUT2D eigenvalue weighted by molar-refractivity contribution is 6.16. The van der Waals surface area contributed by atoms with Crippen LogP contribution >= 0.6 is 0 Å². The fourth-order valence-electron chi connectivity index (χ4n) is 6.45. The molecule has 0 spiro atoms. The molecule has 0 fully saturated rings. The van der Waals surface area contributed by atoms with Crippen molar-refractivity contribution in [1.29, 1.82) is 0 Å². The summed E-state index contributed by atoms with van der Waals surface area (Å²) in [4.78, 5) is 2.39. The van der Waals surface area contributed by atoms with Gasteiger partial charge in [0.15, 0.2) is 0 Å². The average Bonchev–Trinajstić information content (AvgIpc) is 3.45. The number of hydrogen-bond donors (Lipinski definition) is 0. The minimum Gasteiger partial charge on any atom is -0.310 e. The molecule has 0 aliphatic carbocycles. The highest BCUT2D eigenvalue weighted by atomic mass is 15.1. The number of hydrogen-bond acceptors (Lipinski definition) is 1. The van der Waals surface area contributed by atoms with Crippen LogP contribution in [0.1, 0.15) is 5.56 Å². The number of aryl methyl sites for hydroxylation is 1. The van der Waals surface area contributed by atoms with E-state index >= 15 is 0 Å². The monoisotopic (exact) mass is 576 g/mol. The normalized spacial score (nSPS) is 11.2. The van der Waals surface area contributed by atoms with Gasteiger partial charge in [-0.25, -0.2) is 0 Å². The van der Waals surface area contributed by atoms with Crippen LogP contribution in [0.25, 0.3) is 49.7 Å². The van der Waals surface area contributed by atoms with Crippen LogP contribution in [0.5, 0.6) is 0 Å². The molecule has 0 saturated heterocycles. The Morgan fingerprint density at radius 3 is 1.51 bits per heavy atom. The first-order chi connectivity index (χ1) is 22.2. The first-order valence-electron chi connectivity index (χ1n) is 15.4. The lowest BCUT2D eigenvalue weighted by Crippen LogP contribution is -2.10. The van der Waals surface area contributed by atoms with Crippen molar-refractivity contribution in [2.45, 2.75) is 6.92 Å². The van der Waals surface area contributed by atoms with Gasteiger partial charge >= 0.3 is 0 Å². The lowest BCUT2D eigenvalue weighted by molar-refractivity contribution is 1.18. The first kappa shape index (κ1) is 26.7. The molecule has 0 amide bonds. The Kier molecular flexibility index (Phi) is 6.73. The van der Waals surface area contributed by atoms with E-state index in [0.717, 1.165) is 22.7 Å². The van der Waals surface area contributed by atoms with Crippen molar-refractivity contribution in [3.63, 3.8) is 0 Å². The molecule has 0 unspecified atom stereocenters. The minimum atomic E-state index is 1.12. The maximum atomic E-state index is 2.40. The van der Waals surface area contributed by atoms with Crippen LogP contribution in [0, 0.1) is 6.92 Å². The minimum absolute atomic E-state index is 1.12. The maximum Gasteiger partial charge on any atom is 0.0562 e. The zero-order valence-electron chi connectivity index (χ0n) is 25.1. The molecule has 2 heteroatoms. The Morgan fingerprint density at radius 1 is 0.400 bits per heavy atom. The van der Waals surface area contributed by atoms with E-state index in [0.29, 0.717) is 0 Å². The van der Waals surface area contributed by atoms with Gasteiger partial charge in [0.05, 0.1) is 16.7 Å². The van der Waals surface area contributed by atoms with Crippen molar-refractivity contribution in [2.24, 2.45) is 0 Å². The van der Waals surface area contributed by atoms with Crippen LogP contribution in [-0.2, 0) is 0 Å². The molecule has 2 nitrogen and oxygen atoms in total. The molecule has 0 saturated carbocycles. The number of nitrogens with zero attached hydrogens (tertiary/aromatic N) is 2. The van der Waals surface area contributed by atoms with Gasteiger partial charge in [0.2, 0.25) is 0 Å². The van der Waals surface area contributed by atoms with Gasteiger partial charge in [-0.15, -0.1) is 0 Å². The van der Waals surface area contributed by atoms with E-state index in [1.54, 1.807) is 0 Å². The molecule has 0 atom stereocenters. The highest BCUT2D eigenvalue weighted by Gasteiger charge is 2.21. The summed E-state index contributed by atoms with van der Waals surface area (Å²) in [5, 5.41) is 2.46. The summed E-state index contributed by atoms with van der Waals surface area (Å²) in [6.07, 6.45) is 0. The topological polar surface area (TPSA) is 8.17 Å². The predicted octanol–water partition coefficient (Wildman–Crippen LogP) is 11.9. The van der Waals surface area contributed by atoms with Crippen LogP contribution in [0.3, 0.4) is 0 Å². The van der Waals surface area contributed by atoms with Crippen molar-refractivity contribution in [3.8, 4) is 27.9 Å². The second kappa shape index (κ2) is 11.3. The third kappa shape index (κ3) is 4.87. The van der Waals surface area contributed by atoms with E-state index < -0.39 is 0 Å². The van der Waals surface area contributed by atoms with Crippen LogP contribution in [0.4, 0.5) is 17.1 Å². The van der Waals surface area contributed by atoms with Gasteiger partial charge in [-0.3, -0.25) is 0 Å². The molecule has 0 N–H and O–H groups in total. The number of rotatable bonds is 6. The fraction of sp³-hybridized carbons (Fsp3) is 0.0233. The number of aromatic nitrogens is 1. The molecule has 0 aliphatic heterocycles. The quantitative estimate of drug-likeness (QED) is 0.191. The summed E-state index contributed by atoms with van der Waals surface area (Å²) < 4.78 is 2.40. The van der Waals surface area contributed by atoms with Gasteiger partial charge in [-0.05, 0) is 83.8 Å². The average molecular weight is 577 g/mol. The van der Waals surface area contributed by atoms with E-state index in [9.17, 15) is 0 Å². The third-order valence-corrected chi connectivity index (χ3v) is 8.67. The van der Waals surface area contributed by atoms with Crippen molar-refractivity contribution >= 4 is 38.9 Å². The molecular formula is C43H32N2. The Bertz CT molecular complexity index is 2230. The van der Waals surface area contributed by atoms with E-state index in [2.05, 4.69) is 192 Å². The molecule has 214 valence electrons. The highest BCUT2D eigenvalue weighted by Crippen LogP contribution is 2.44. The predicted molar refractivity (Wildman–Crippen MR) is 191 cm³/mol. The standard InChI is InChI=1S/C43H32N2/c1-31-19-25-36(26-20-31)44(37-27-21-34(22-28-37)32-11-4-2-5-12-32)41-17-10-18-42-43(41)39-15-8-9-16-40(39)45(42)38-29-23-35(24-30-38)33-13-6-3-7-14-33/h2-30H,1H3. The van der Waals surface area contributed by atoms with E-state index in [1.807, 2.05) is 0 Å². The summed E-state index contributed by atoms with van der Waals surface area (Å²) in [6, 6.07) is 63.3. The second-order valence-corrected chi connectivity index (χ2v) is 11.5. The smallest absolute Gasteiger partial charge is 0.0562 e. The Labute approximate surface area is 264 Å². The molecule has 8 rings (SSSR count). The summed E-state index contributed by atoms with van der Waals surface area (Å²) in [5.74, 6) is 0. The number of anilines is 3. The number of para-hydroxylation sites is 1. The Hall–Kier alpha value is -5.86. The van der Waals surface area contributed by atoms with Crippen molar-refractivity contribution in [2.75, 3.05) is 4.90 Å². The molecule has 1 aromatic heterocycles. The SMILES string of the molecule is Cc1ccc(N(c2ccc(-c3ccccc3)cc2)c2cccc3c2c2ccccc2n3-c2ccc(-c3ccccc3)cc2)cc1. The summed E-state index contributed by atoms with van der Waals surface area (Å²) >= 11 is 0. The lowest BCUT2D eigenvalue weighted by atomic mass is 10.0. The van der Waals surface area contributed by atoms with Gasteiger partial charge in [0, 0.05) is 27.8 Å². The van der Waals surface area contributed by atoms with Crippen LogP contribution in [-0.4, -0.2) is 4.57 Å². The largest absolute Gasteiger partial charge is 0.310 e. The molecular weight excluding hydrogens is 544 g/mol. The first-order valence-corrected chi connectivity index (χ1v) is 15.4. The zero-order chi connectivity index (χ0) is 30.2. The molecule has 0 bridgehead atoms. The van der Waals surface area contributed by atoms with Gasteiger partial charge in [0.1, 0.15) is 0 Å². The molecule has 45 heavy (non-hydrogen) atoms. The van der Waals surface area contributed by atoms with E-state index in [1.165, 1.54) is 49.6 Å². The summed E-state index contributed by atoms with van der Waals surface area (Å²) in [5.41, 5.74) is 13.0. The fourth-order valence-corrected chi connectivity index (χ4v) is 6.45. The Balaban J connectivity index is 1.32. The van der Waals surface area contributed by atoms with Crippen LogP contribution in [0.2, 0.25) is 0 Å². The van der Waals surface area contributed by atoms with Crippen molar-refractivity contribution < 1.29 is 0 Å². The molecule has 1 heterocycles. The van der Waals surface area contributed by atoms with Crippen LogP contribution in [0.15, 0.2) is 176 Å². The van der Waals surface area contributed by atoms with Gasteiger partial charge in [-0.2, -0.15) is 0 Å². The molecule has 7 aromatic carbocycles. The summed E-state index contributed by atoms with van der Waals surface area (Å²) in [7, 11) is 0. The molecule has 0 radical (unpaired) electrons. The van der Waals surface area contributed by atoms with Gasteiger partial charge < -0.3 is 9.47 Å². The molecule has 0 aliphatic rings.